The summed E-state index contributed by atoms with van der Waals surface area (Å²) in [6.45, 7) is 3.76. The van der Waals surface area contributed by atoms with Crippen LogP contribution in [0.3, 0.4) is 0 Å². The van der Waals surface area contributed by atoms with E-state index in [0.717, 1.165) is 19.6 Å². The van der Waals surface area contributed by atoms with Gasteiger partial charge in [-0.05, 0) is 5.56 Å². The molecule has 120 valence electrons. The van der Waals surface area contributed by atoms with E-state index in [-0.39, 0.29) is 12.0 Å². The maximum Gasteiger partial charge on any atom is 0.271 e. The number of carbonyl (C=O) groups excluding carboxylic acids is 1. The Morgan fingerprint density at radius 3 is 2.96 bits per heavy atom. The molecule has 1 aromatic heterocycles. The van der Waals surface area contributed by atoms with Crippen molar-refractivity contribution in [2.75, 3.05) is 26.2 Å². The van der Waals surface area contributed by atoms with Gasteiger partial charge in [-0.3, -0.25) is 14.7 Å². The first-order valence-corrected chi connectivity index (χ1v) is 7.73. The summed E-state index contributed by atoms with van der Waals surface area (Å²) in [5.74, 6) is -0.220. The number of nitrogens with zero attached hydrogens (tertiary/aromatic N) is 3. The highest BCUT2D eigenvalue weighted by Gasteiger charge is 2.21. The summed E-state index contributed by atoms with van der Waals surface area (Å²) in [6.07, 6.45) is 4.50. The van der Waals surface area contributed by atoms with Gasteiger partial charge in [-0.15, -0.1) is 0 Å². The number of ether oxygens (including phenoxy) is 1. The van der Waals surface area contributed by atoms with Crippen molar-refractivity contribution in [2.24, 2.45) is 0 Å². The van der Waals surface area contributed by atoms with Gasteiger partial charge in [-0.1, -0.05) is 30.3 Å². The predicted molar refractivity (Wildman–Crippen MR) is 85.8 cm³/mol. The molecule has 0 unspecified atom stereocenters. The van der Waals surface area contributed by atoms with E-state index in [4.69, 9.17) is 4.74 Å². The highest BCUT2D eigenvalue weighted by atomic mass is 16.5. The van der Waals surface area contributed by atoms with E-state index >= 15 is 0 Å². The number of aromatic nitrogens is 2. The van der Waals surface area contributed by atoms with Crippen LogP contribution in [-0.4, -0.2) is 53.1 Å². The Kier molecular flexibility index (Phi) is 5.29. The molecule has 0 saturated carbocycles. The number of hydrogen-bond acceptors (Lipinski definition) is 5. The lowest BCUT2D eigenvalue weighted by molar-refractivity contribution is -0.0292. The molecule has 1 fully saturated rings. The molecule has 3 rings (SSSR count). The summed E-state index contributed by atoms with van der Waals surface area (Å²) in [4.78, 5) is 22.2. The smallest absolute Gasteiger partial charge is 0.271 e. The number of hydrogen-bond donors (Lipinski definition) is 1. The van der Waals surface area contributed by atoms with Crippen LogP contribution in [0.25, 0.3) is 0 Å². The van der Waals surface area contributed by atoms with Gasteiger partial charge in [0, 0.05) is 38.6 Å². The standard InChI is InChI=1S/C17H20N4O2/c22-17(16-11-18-6-7-19-16)20-10-15-13-21(8-9-23-15)12-14-4-2-1-3-5-14/h1-7,11,15H,8-10,12-13H2,(H,20,22)/t15-/m0/s1. The fraction of sp³-hybridized carbons (Fsp3) is 0.353. The third kappa shape index (κ3) is 4.58. The van der Waals surface area contributed by atoms with E-state index < -0.39 is 0 Å². The third-order valence-electron chi connectivity index (χ3n) is 3.76. The van der Waals surface area contributed by atoms with Gasteiger partial charge in [-0.25, -0.2) is 4.98 Å². The van der Waals surface area contributed by atoms with Crippen molar-refractivity contribution in [3.05, 3.63) is 60.2 Å². The molecule has 6 heteroatoms. The van der Waals surface area contributed by atoms with Gasteiger partial charge in [0.1, 0.15) is 5.69 Å². The van der Waals surface area contributed by atoms with E-state index in [1.165, 1.54) is 18.0 Å². The van der Waals surface area contributed by atoms with E-state index in [0.29, 0.717) is 18.8 Å². The number of carbonyl (C=O) groups is 1. The summed E-state index contributed by atoms with van der Waals surface area (Å²) in [5.41, 5.74) is 1.61. The fourth-order valence-electron chi connectivity index (χ4n) is 2.60. The number of amides is 1. The Bertz CT molecular complexity index is 621. The second-order valence-electron chi connectivity index (χ2n) is 5.51. The molecule has 23 heavy (non-hydrogen) atoms. The summed E-state index contributed by atoms with van der Waals surface area (Å²) in [5, 5.41) is 2.86. The van der Waals surface area contributed by atoms with E-state index in [2.05, 4.69) is 32.3 Å². The molecule has 1 aliphatic rings. The Balaban J connectivity index is 1.48. The van der Waals surface area contributed by atoms with Crippen LogP contribution in [0.1, 0.15) is 16.1 Å². The van der Waals surface area contributed by atoms with Crippen LogP contribution >= 0.6 is 0 Å². The molecule has 1 N–H and O–H groups in total. The zero-order valence-electron chi connectivity index (χ0n) is 12.9. The minimum absolute atomic E-state index is 0.00640. The molecule has 1 saturated heterocycles. The second kappa shape index (κ2) is 7.80. The van der Waals surface area contributed by atoms with Gasteiger partial charge >= 0.3 is 0 Å². The van der Waals surface area contributed by atoms with Gasteiger partial charge in [0.15, 0.2) is 0 Å². The van der Waals surface area contributed by atoms with Crippen molar-refractivity contribution in [1.29, 1.82) is 0 Å². The van der Waals surface area contributed by atoms with Gasteiger partial charge in [0.25, 0.3) is 5.91 Å². The van der Waals surface area contributed by atoms with Gasteiger partial charge in [-0.2, -0.15) is 0 Å². The molecule has 2 heterocycles. The highest BCUT2D eigenvalue weighted by Crippen LogP contribution is 2.10. The topological polar surface area (TPSA) is 67.4 Å². The number of nitrogens with one attached hydrogen (secondary N) is 1. The van der Waals surface area contributed by atoms with Crippen LogP contribution < -0.4 is 5.32 Å². The minimum Gasteiger partial charge on any atom is -0.374 e. The fourth-order valence-corrected chi connectivity index (χ4v) is 2.60. The highest BCUT2D eigenvalue weighted by molar-refractivity contribution is 5.91. The van der Waals surface area contributed by atoms with Crippen LogP contribution in [-0.2, 0) is 11.3 Å². The lowest BCUT2D eigenvalue weighted by atomic mass is 10.2. The SMILES string of the molecule is O=C(NC[C@H]1CN(Cc2ccccc2)CCO1)c1cnccn1. The van der Waals surface area contributed by atoms with Crippen molar-refractivity contribution in [1.82, 2.24) is 20.2 Å². The number of rotatable bonds is 5. The molecule has 1 aliphatic heterocycles. The monoisotopic (exact) mass is 312 g/mol. The number of benzene rings is 1. The van der Waals surface area contributed by atoms with E-state index in [1.54, 1.807) is 6.20 Å². The average molecular weight is 312 g/mol. The second-order valence-corrected chi connectivity index (χ2v) is 5.51. The molecular formula is C17H20N4O2. The molecule has 0 radical (unpaired) electrons. The van der Waals surface area contributed by atoms with Crippen molar-refractivity contribution < 1.29 is 9.53 Å². The molecule has 0 bridgehead atoms. The predicted octanol–water partition coefficient (Wildman–Crippen LogP) is 1.11. The van der Waals surface area contributed by atoms with Crippen LogP contribution in [0.4, 0.5) is 0 Å². The van der Waals surface area contributed by atoms with Crippen LogP contribution in [0, 0.1) is 0 Å². The summed E-state index contributed by atoms with van der Waals surface area (Å²) < 4.78 is 5.74. The van der Waals surface area contributed by atoms with Gasteiger partial charge in [0.2, 0.25) is 0 Å². The molecule has 6 nitrogen and oxygen atoms in total. The van der Waals surface area contributed by atoms with Crippen molar-refractivity contribution in [2.45, 2.75) is 12.6 Å². The Morgan fingerprint density at radius 1 is 1.30 bits per heavy atom. The largest absolute Gasteiger partial charge is 0.374 e. The zero-order valence-corrected chi connectivity index (χ0v) is 12.9. The summed E-state index contributed by atoms with van der Waals surface area (Å²) in [6, 6.07) is 10.4. The summed E-state index contributed by atoms with van der Waals surface area (Å²) >= 11 is 0. The summed E-state index contributed by atoms with van der Waals surface area (Å²) in [7, 11) is 0. The quantitative estimate of drug-likeness (QED) is 0.896. The van der Waals surface area contributed by atoms with E-state index in [9.17, 15) is 4.79 Å². The van der Waals surface area contributed by atoms with Crippen molar-refractivity contribution in [3.63, 3.8) is 0 Å². The molecule has 1 atom stereocenters. The molecule has 0 aliphatic carbocycles. The normalized spacial score (nSPS) is 18.5. The Morgan fingerprint density at radius 2 is 2.17 bits per heavy atom. The van der Waals surface area contributed by atoms with Crippen LogP contribution in [0.2, 0.25) is 0 Å². The Labute approximate surface area is 135 Å². The molecular weight excluding hydrogens is 292 g/mol. The molecule has 1 aromatic carbocycles. The van der Waals surface area contributed by atoms with Gasteiger partial charge in [0.05, 0.1) is 18.9 Å². The lowest BCUT2D eigenvalue weighted by Gasteiger charge is -2.33. The first kappa shape index (κ1) is 15.6. The molecule has 0 spiro atoms. The van der Waals surface area contributed by atoms with E-state index in [1.807, 2.05) is 18.2 Å². The first-order chi connectivity index (χ1) is 11.3. The third-order valence-corrected chi connectivity index (χ3v) is 3.76. The molecule has 1 amide bonds. The maximum absolute atomic E-state index is 12.0. The van der Waals surface area contributed by atoms with Crippen molar-refractivity contribution >= 4 is 5.91 Å². The maximum atomic E-state index is 12.0. The zero-order chi connectivity index (χ0) is 15.9. The number of morpholine rings is 1. The lowest BCUT2D eigenvalue weighted by Crippen LogP contribution is -2.47. The molecule has 2 aromatic rings. The Hall–Kier alpha value is -2.31. The minimum atomic E-state index is -0.220. The average Bonchev–Trinajstić information content (AvgIpc) is 2.62. The van der Waals surface area contributed by atoms with Gasteiger partial charge < -0.3 is 10.1 Å². The van der Waals surface area contributed by atoms with Crippen LogP contribution in [0.15, 0.2) is 48.9 Å². The first-order valence-electron chi connectivity index (χ1n) is 7.73. The van der Waals surface area contributed by atoms with Crippen molar-refractivity contribution in [3.8, 4) is 0 Å². The van der Waals surface area contributed by atoms with Crippen LogP contribution in [0.5, 0.6) is 0 Å².